The van der Waals surface area contributed by atoms with Crippen LogP contribution in [0.3, 0.4) is 0 Å². The quantitative estimate of drug-likeness (QED) is 0.727. The third kappa shape index (κ3) is 3.39. The SMILES string of the molecule is CN(c1ccccc1C(=O)c1ccccc1)c1ncccc1N.Cl. The van der Waals surface area contributed by atoms with Gasteiger partial charge in [0.2, 0.25) is 0 Å². The standard InChI is InChI=1S/C19H17N3O.ClH/c1-22(19-16(20)11-7-13-21-19)17-12-6-5-10-15(17)18(23)14-8-3-2-4-9-14;/h2-13H,20H2,1H3;1H. The molecule has 5 heteroatoms. The highest BCUT2D eigenvalue weighted by Crippen LogP contribution is 2.30. The van der Waals surface area contributed by atoms with E-state index in [0.717, 1.165) is 5.69 Å². The molecule has 2 aromatic carbocycles. The molecule has 1 aromatic heterocycles. The maximum Gasteiger partial charge on any atom is 0.195 e. The number of pyridine rings is 1. The van der Waals surface area contributed by atoms with E-state index in [1.807, 2.05) is 66.5 Å². The largest absolute Gasteiger partial charge is 0.396 e. The van der Waals surface area contributed by atoms with Gasteiger partial charge in [0.15, 0.2) is 11.6 Å². The zero-order chi connectivity index (χ0) is 16.2. The summed E-state index contributed by atoms with van der Waals surface area (Å²) in [7, 11) is 1.86. The van der Waals surface area contributed by atoms with Gasteiger partial charge < -0.3 is 10.6 Å². The number of benzene rings is 2. The Labute approximate surface area is 147 Å². The first-order valence-electron chi connectivity index (χ1n) is 7.31. The van der Waals surface area contributed by atoms with Gasteiger partial charge in [-0.1, -0.05) is 42.5 Å². The number of hydrogen-bond donors (Lipinski definition) is 1. The molecular formula is C19H18ClN3O. The van der Waals surface area contributed by atoms with E-state index in [2.05, 4.69) is 4.98 Å². The maximum atomic E-state index is 12.8. The van der Waals surface area contributed by atoms with Crippen molar-refractivity contribution in [2.75, 3.05) is 17.7 Å². The molecule has 0 saturated heterocycles. The number of aromatic nitrogens is 1. The van der Waals surface area contributed by atoms with Crippen LogP contribution in [0.15, 0.2) is 72.9 Å². The molecule has 0 bridgehead atoms. The number of nitrogen functional groups attached to an aromatic ring is 1. The molecule has 122 valence electrons. The number of carbonyl (C=O) groups excluding carboxylic acids is 1. The van der Waals surface area contributed by atoms with Crippen LogP contribution in [0.2, 0.25) is 0 Å². The number of anilines is 3. The summed E-state index contributed by atoms with van der Waals surface area (Å²) in [6, 6.07) is 20.3. The summed E-state index contributed by atoms with van der Waals surface area (Å²) in [5.41, 5.74) is 8.62. The van der Waals surface area contributed by atoms with Gasteiger partial charge in [0.25, 0.3) is 0 Å². The van der Waals surface area contributed by atoms with Crippen molar-refractivity contribution >= 4 is 35.4 Å². The topological polar surface area (TPSA) is 59.2 Å². The molecule has 0 amide bonds. The molecule has 2 N–H and O–H groups in total. The van der Waals surface area contributed by atoms with Gasteiger partial charge in [-0.15, -0.1) is 12.4 Å². The van der Waals surface area contributed by atoms with Crippen molar-refractivity contribution in [2.45, 2.75) is 0 Å². The second kappa shape index (κ2) is 7.62. The fourth-order valence-electron chi connectivity index (χ4n) is 2.51. The molecule has 0 aliphatic rings. The number of nitrogens with zero attached hydrogens (tertiary/aromatic N) is 2. The molecule has 0 saturated carbocycles. The summed E-state index contributed by atoms with van der Waals surface area (Å²) in [6.07, 6.45) is 1.68. The molecular weight excluding hydrogens is 322 g/mol. The van der Waals surface area contributed by atoms with Gasteiger partial charge in [-0.2, -0.15) is 0 Å². The van der Waals surface area contributed by atoms with Crippen LogP contribution in [0.1, 0.15) is 15.9 Å². The number of nitrogens with two attached hydrogens (primary N) is 1. The summed E-state index contributed by atoms with van der Waals surface area (Å²) in [5, 5.41) is 0. The van der Waals surface area contributed by atoms with Crippen LogP contribution >= 0.6 is 12.4 Å². The first-order valence-corrected chi connectivity index (χ1v) is 7.31. The predicted octanol–water partition coefficient (Wildman–Crippen LogP) is 4.08. The molecule has 3 aromatic rings. The van der Waals surface area contributed by atoms with Crippen LogP contribution in [0.4, 0.5) is 17.2 Å². The molecule has 0 radical (unpaired) electrons. The van der Waals surface area contributed by atoms with E-state index in [0.29, 0.717) is 22.6 Å². The van der Waals surface area contributed by atoms with Crippen LogP contribution in [0, 0.1) is 0 Å². The number of rotatable bonds is 4. The van der Waals surface area contributed by atoms with Gasteiger partial charge in [0, 0.05) is 24.4 Å². The van der Waals surface area contributed by atoms with Crippen LogP contribution < -0.4 is 10.6 Å². The second-order valence-electron chi connectivity index (χ2n) is 5.19. The fourth-order valence-corrected chi connectivity index (χ4v) is 2.51. The van der Waals surface area contributed by atoms with E-state index in [4.69, 9.17) is 5.73 Å². The maximum absolute atomic E-state index is 12.8. The molecule has 1 heterocycles. The third-order valence-electron chi connectivity index (χ3n) is 3.68. The van der Waals surface area contributed by atoms with E-state index in [9.17, 15) is 4.79 Å². The van der Waals surface area contributed by atoms with E-state index in [1.54, 1.807) is 18.3 Å². The fraction of sp³-hybridized carbons (Fsp3) is 0.0526. The minimum absolute atomic E-state index is 0. The second-order valence-corrected chi connectivity index (χ2v) is 5.19. The van der Waals surface area contributed by atoms with Crippen LogP contribution in [-0.2, 0) is 0 Å². The molecule has 4 nitrogen and oxygen atoms in total. The Kier molecular flexibility index (Phi) is 5.55. The summed E-state index contributed by atoms with van der Waals surface area (Å²) in [4.78, 5) is 19.0. The van der Waals surface area contributed by atoms with Gasteiger partial charge in [0.05, 0.1) is 11.4 Å². The summed E-state index contributed by atoms with van der Waals surface area (Å²) < 4.78 is 0. The van der Waals surface area contributed by atoms with Crippen LogP contribution in [-0.4, -0.2) is 17.8 Å². The Morgan fingerprint density at radius 3 is 2.33 bits per heavy atom. The normalized spacial score (nSPS) is 9.88. The van der Waals surface area contributed by atoms with Crippen molar-refractivity contribution in [3.63, 3.8) is 0 Å². The van der Waals surface area contributed by atoms with Gasteiger partial charge in [0.1, 0.15) is 0 Å². The van der Waals surface area contributed by atoms with Crippen molar-refractivity contribution < 1.29 is 4.79 Å². The minimum Gasteiger partial charge on any atom is -0.396 e. The third-order valence-corrected chi connectivity index (χ3v) is 3.68. The Hall–Kier alpha value is -2.85. The van der Waals surface area contributed by atoms with E-state index < -0.39 is 0 Å². The lowest BCUT2D eigenvalue weighted by Crippen LogP contribution is -2.17. The highest BCUT2D eigenvalue weighted by Gasteiger charge is 2.18. The monoisotopic (exact) mass is 339 g/mol. The molecule has 24 heavy (non-hydrogen) atoms. The number of para-hydroxylation sites is 1. The number of carbonyl (C=O) groups is 1. The van der Waals surface area contributed by atoms with Crippen molar-refractivity contribution in [1.82, 2.24) is 4.98 Å². The molecule has 0 aliphatic carbocycles. The Balaban J connectivity index is 0.00000208. The Bertz CT molecular complexity index is 837. The van der Waals surface area contributed by atoms with Crippen molar-refractivity contribution in [3.05, 3.63) is 84.1 Å². The van der Waals surface area contributed by atoms with Crippen molar-refractivity contribution in [1.29, 1.82) is 0 Å². The van der Waals surface area contributed by atoms with Crippen molar-refractivity contribution in [3.8, 4) is 0 Å². The zero-order valence-electron chi connectivity index (χ0n) is 13.2. The highest BCUT2D eigenvalue weighted by molar-refractivity contribution is 6.12. The average Bonchev–Trinajstić information content (AvgIpc) is 2.62. The van der Waals surface area contributed by atoms with Crippen LogP contribution in [0.25, 0.3) is 0 Å². The number of ketones is 1. The van der Waals surface area contributed by atoms with E-state index in [1.165, 1.54) is 0 Å². The van der Waals surface area contributed by atoms with Gasteiger partial charge >= 0.3 is 0 Å². The lowest BCUT2D eigenvalue weighted by atomic mass is 10.0. The number of halogens is 1. The first-order chi connectivity index (χ1) is 11.2. The Morgan fingerprint density at radius 1 is 0.958 bits per heavy atom. The van der Waals surface area contributed by atoms with E-state index in [-0.39, 0.29) is 18.2 Å². The smallest absolute Gasteiger partial charge is 0.195 e. The molecule has 3 rings (SSSR count). The molecule has 0 atom stereocenters. The van der Waals surface area contributed by atoms with Gasteiger partial charge in [-0.05, 0) is 24.3 Å². The van der Waals surface area contributed by atoms with E-state index >= 15 is 0 Å². The summed E-state index contributed by atoms with van der Waals surface area (Å²) in [6.45, 7) is 0. The first kappa shape index (κ1) is 17.5. The zero-order valence-corrected chi connectivity index (χ0v) is 14.0. The molecule has 0 spiro atoms. The molecule has 0 fully saturated rings. The van der Waals surface area contributed by atoms with Gasteiger partial charge in [-0.3, -0.25) is 4.79 Å². The lowest BCUT2D eigenvalue weighted by Gasteiger charge is -2.22. The summed E-state index contributed by atoms with van der Waals surface area (Å²) >= 11 is 0. The Morgan fingerprint density at radius 2 is 1.62 bits per heavy atom. The predicted molar refractivity (Wildman–Crippen MR) is 100 cm³/mol. The number of hydrogen-bond acceptors (Lipinski definition) is 4. The molecule has 0 unspecified atom stereocenters. The highest BCUT2D eigenvalue weighted by atomic mass is 35.5. The minimum atomic E-state index is -0.0254. The van der Waals surface area contributed by atoms with Gasteiger partial charge in [-0.25, -0.2) is 4.98 Å². The lowest BCUT2D eigenvalue weighted by molar-refractivity contribution is 0.103. The van der Waals surface area contributed by atoms with Crippen LogP contribution in [0.5, 0.6) is 0 Å². The summed E-state index contributed by atoms with van der Waals surface area (Å²) in [5.74, 6) is 0.600. The molecule has 0 aliphatic heterocycles. The van der Waals surface area contributed by atoms with Crippen molar-refractivity contribution in [2.24, 2.45) is 0 Å². The average molecular weight is 340 g/mol.